The third-order valence-electron chi connectivity index (χ3n) is 3.48. The second-order valence-electron chi connectivity index (χ2n) is 5.21. The van der Waals surface area contributed by atoms with E-state index in [0.717, 1.165) is 0 Å². The molecule has 0 saturated carbocycles. The van der Waals surface area contributed by atoms with E-state index in [1.54, 1.807) is 13.8 Å². The summed E-state index contributed by atoms with van der Waals surface area (Å²) < 4.78 is 86.4. The standard InChI is InChI=1S/C13H20F6O2/c1-3-5-7-9-10(8-6-4-2)21-11(20-9,12(14,15)16)13(17,18)19/h9-10H,3-8H2,1-2H3/t9-,10-/m1/s1. The van der Waals surface area contributed by atoms with Crippen LogP contribution in [-0.4, -0.2) is 30.3 Å². The lowest BCUT2D eigenvalue weighted by atomic mass is 10.0. The Bertz CT molecular complexity index is 294. The molecule has 0 aromatic heterocycles. The van der Waals surface area contributed by atoms with Crippen molar-refractivity contribution >= 4 is 0 Å². The average Bonchev–Trinajstić information content (AvgIpc) is 2.73. The molecule has 0 amide bonds. The van der Waals surface area contributed by atoms with Crippen LogP contribution in [0.2, 0.25) is 0 Å². The molecule has 1 fully saturated rings. The van der Waals surface area contributed by atoms with E-state index in [4.69, 9.17) is 0 Å². The lowest BCUT2D eigenvalue weighted by Crippen LogP contribution is -2.58. The van der Waals surface area contributed by atoms with E-state index >= 15 is 0 Å². The summed E-state index contributed by atoms with van der Waals surface area (Å²) >= 11 is 0. The largest absolute Gasteiger partial charge is 0.453 e. The molecule has 8 heteroatoms. The summed E-state index contributed by atoms with van der Waals surface area (Å²) in [5, 5.41) is 0. The molecule has 0 spiro atoms. The van der Waals surface area contributed by atoms with Gasteiger partial charge in [-0.25, -0.2) is 0 Å². The maximum atomic E-state index is 12.9. The van der Waals surface area contributed by atoms with Gasteiger partial charge in [0.05, 0.1) is 12.2 Å². The topological polar surface area (TPSA) is 18.5 Å². The summed E-state index contributed by atoms with van der Waals surface area (Å²) in [4.78, 5) is 0. The number of ether oxygens (including phenoxy) is 2. The number of unbranched alkanes of at least 4 members (excludes halogenated alkanes) is 2. The highest BCUT2D eigenvalue weighted by atomic mass is 19.4. The van der Waals surface area contributed by atoms with Gasteiger partial charge in [0, 0.05) is 0 Å². The van der Waals surface area contributed by atoms with Gasteiger partial charge in [-0.05, 0) is 12.8 Å². The van der Waals surface area contributed by atoms with Crippen molar-refractivity contribution in [3.05, 3.63) is 0 Å². The Morgan fingerprint density at radius 3 is 1.33 bits per heavy atom. The summed E-state index contributed by atoms with van der Waals surface area (Å²) in [5.41, 5.74) is 0. The van der Waals surface area contributed by atoms with E-state index in [0.29, 0.717) is 25.7 Å². The Morgan fingerprint density at radius 1 is 0.762 bits per heavy atom. The van der Waals surface area contributed by atoms with Crippen LogP contribution in [-0.2, 0) is 9.47 Å². The Balaban J connectivity index is 3.02. The number of hydrogen-bond donors (Lipinski definition) is 0. The van der Waals surface area contributed by atoms with Crippen molar-refractivity contribution in [2.24, 2.45) is 0 Å². The summed E-state index contributed by atoms with van der Waals surface area (Å²) in [6.07, 6.45) is -11.1. The van der Waals surface area contributed by atoms with Crippen LogP contribution in [0.3, 0.4) is 0 Å². The highest BCUT2D eigenvalue weighted by Gasteiger charge is 2.78. The fourth-order valence-electron chi connectivity index (χ4n) is 2.33. The molecule has 0 aromatic carbocycles. The third-order valence-corrected chi connectivity index (χ3v) is 3.48. The van der Waals surface area contributed by atoms with Gasteiger partial charge >= 0.3 is 18.1 Å². The first-order valence-corrected chi connectivity index (χ1v) is 7.08. The molecule has 0 radical (unpaired) electrons. The molecular weight excluding hydrogens is 302 g/mol. The fraction of sp³-hybridized carbons (Fsp3) is 1.00. The van der Waals surface area contributed by atoms with Crippen molar-refractivity contribution in [3.8, 4) is 0 Å². The van der Waals surface area contributed by atoms with E-state index in [9.17, 15) is 26.3 Å². The molecule has 0 bridgehead atoms. The molecule has 21 heavy (non-hydrogen) atoms. The predicted octanol–water partition coefficient (Wildman–Crippen LogP) is 4.97. The second-order valence-corrected chi connectivity index (χ2v) is 5.21. The molecule has 0 aliphatic carbocycles. The molecule has 0 unspecified atom stereocenters. The number of rotatable bonds is 6. The Morgan fingerprint density at radius 2 is 1.10 bits per heavy atom. The molecule has 1 aliphatic rings. The minimum atomic E-state index is -5.66. The Kier molecular flexibility index (Phi) is 5.94. The van der Waals surface area contributed by atoms with Gasteiger partial charge in [-0.2, -0.15) is 26.3 Å². The first kappa shape index (κ1) is 18.5. The van der Waals surface area contributed by atoms with Crippen molar-refractivity contribution in [1.82, 2.24) is 0 Å². The fourth-order valence-corrected chi connectivity index (χ4v) is 2.33. The summed E-state index contributed by atoms with van der Waals surface area (Å²) in [6, 6.07) is 0. The van der Waals surface area contributed by atoms with Gasteiger partial charge in [-0.3, -0.25) is 0 Å². The second kappa shape index (κ2) is 6.73. The van der Waals surface area contributed by atoms with Crippen LogP contribution in [0, 0.1) is 0 Å². The average molecular weight is 322 g/mol. The molecule has 1 heterocycles. The van der Waals surface area contributed by atoms with Crippen molar-refractivity contribution in [1.29, 1.82) is 0 Å². The molecule has 2 atom stereocenters. The smallest absolute Gasteiger partial charge is 0.329 e. The van der Waals surface area contributed by atoms with E-state index in [1.807, 2.05) is 0 Å². The minimum absolute atomic E-state index is 0.124. The highest BCUT2D eigenvalue weighted by molar-refractivity contribution is 4.96. The van der Waals surface area contributed by atoms with Crippen LogP contribution in [0.4, 0.5) is 26.3 Å². The van der Waals surface area contributed by atoms with E-state index in [-0.39, 0.29) is 12.8 Å². The van der Waals surface area contributed by atoms with E-state index in [2.05, 4.69) is 9.47 Å². The van der Waals surface area contributed by atoms with E-state index in [1.165, 1.54) is 0 Å². The molecule has 1 saturated heterocycles. The van der Waals surface area contributed by atoms with Crippen molar-refractivity contribution in [2.75, 3.05) is 0 Å². The maximum absolute atomic E-state index is 12.9. The molecule has 1 rings (SSSR count). The van der Waals surface area contributed by atoms with Gasteiger partial charge in [0.25, 0.3) is 0 Å². The summed E-state index contributed by atoms with van der Waals surface area (Å²) in [7, 11) is 0. The highest BCUT2D eigenvalue weighted by Crippen LogP contribution is 2.52. The zero-order chi connectivity index (χ0) is 16.3. The van der Waals surface area contributed by atoms with Crippen molar-refractivity contribution in [2.45, 2.75) is 82.7 Å². The normalized spacial score (nSPS) is 26.3. The van der Waals surface area contributed by atoms with Crippen molar-refractivity contribution in [3.63, 3.8) is 0 Å². The Labute approximate surface area is 119 Å². The lowest BCUT2D eigenvalue weighted by Gasteiger charge is -2.31. The first-order valence-electron chi connectivity index (χ1n) is 7.08. The van der Waals surface area contributed by atoms with Gasteiger partial charge in [-0.1, -0.05) is 39.5 Å². The van der Waals surface area contributed by atoms with Crippen LogP contribution in [0.1, 0.15) is 52.4 Å². The van der Waals surface area contributed by atoms with Crippen LogP contribution < -0.4 is 0 Å². The first-order chi connectivity index (χ1) is 9.59. The van der Waals surface area contributed by atoms with Crippen LogP contribution in [0.25, 0.3) is 0 Å². The summed E-state index contributed by atoms with van der Waals surface area (Å²) in [6.45, 7) is 3.61. The van der Waals surface area contributed by atoms with Crippen molar-refractivity contribution < 1.29 is 35.8 Å². The molecule has 0 aromatic rings. The maximum Gasteiger partial charge on any atom is 0.453 e. The zero-order valence-corrected chi connectivity index (χ0v) is 12.0. The third kappa shape index (κ3) is 3.83. The molecule has 0 N–H and O–H groups in total. The zero-order valence-electron chi connectivity index (χ0n) is 12.0. The van der Waals surface area contributed by atoms with Gasteiger partial charge in [-0.15, -0.1) is 0 Å². The molecular formula is C13H20F6O2. The number of halogens is 6. The van der Waals surface area contributed by atoms with Crippen LogP contribution in [0.15, 0.2) is 0 Å². The lowest BCUT2D eigenvalue weighted by molar-refractivity contribution is -0.446. The number of hydrogen-bond acceptors (Lipinski definition) is 2. The quantitative estimate of drug-likeness (QED) is 0.643. The van der Waals surface area contributed by atoms with Crippen LogP contribution >= 0.6 is 0 Å². The predicted molar refractivity (Wildman–Crippen MR) is 63.6 cm³/mol. The van der Waals surface area contributed by atoms with E-state index < -0.39 is 30.3 Å². The van der Waals surface area contributed by atoms with Gasteiger partial charge in [0.15, 0.2) is 0 Å². The molecule has 126 valence electrons. The van der Waals surface area contributed by atoms with Gasteiger partial charge in [0.1, 0.15) is 0 Å². The molecule has 1 aliphatic heterocycles. The van der Waals surface area contributed by atoms with Gasteiger partial charge < -0.3 is 9.47 Å². The number of alkyl halides is 6. The Hall–Kier alpha value is -0.500. The van der Waals surface area contributed by atoms with Crippen LogP contribution in [0.5, 0.6) is 0 Å². The SMILES string of the molecule is CCCC[C@H]1OC(C(F)(F)F)(C(F)(F)F)O[C@@H]1CCCC. The summed E-state index contributed by atoms with van der Waals surface area (Å²) in [5.74, 6) is -4.49. The molecule has 2 nitrogen and oxygen atoms in total. The van der Waals surface area contributed by atoms with Gasteiger partial charge in [0.2, 0.25) is 0 Å². The minimum Gasteiger partial charge on any atom is -0.329 e. The monoisotopic (exact) mass is 322 g/mol.